The zero-order chi connectivity index (χ0) is 11.0. The Morgan fingerprint density at radius 1 is 1.47 bits per heavy atom. The normalized spacial score (nSPS) is 15.3. The molecule has 1 aromatic heterocycles. The van der Waals surface area contributed by atoms with Gasteiger partial charge in [0.25, 0.3) is 0 Å². The van der Waals surface area contributed by atoms with Crippen molar-refractivity contribution in [3.63, 3.8) is 0 Å². The summed E-state index contributed by atoms with van der Waals surface area (Å²) in [6.07, 6.45) is 0.964. The van der Waals surface area contributed by atoms with Crippen LogP contribution in [0, 0.1) is 6.92 Å². The molecule has 0 bridgehead atoms. The largest absolute Gasteiger partial charge is 0.334 e. The van der Waals surface area contributed by atoms with Gasteiger partial charge in [-0.05, 0) is 13.3 Å². The van der Waals surface area contributed by atoms with Gasteiger partial charge in [0.2, 0.25) is 5.91 Å². The molecule has 1 aliphatic rings. The Morgan fingerprint density at radius 3 is 2.80 bits per heavy atom. The molecular formula is C11H17N3O. The van der Waals surface area contributed by atoms with E-state index in [4.69, 9.17) is 0 Å². The first kappa shape index (κ1) is 10.2. The molecule has 0 radical (unpaired) electrons. The van der Waals surface area contributed by atoms with Crippen molar-refractivity contribution < 1.29 is 4.79 Å². The van der Waals surface area contributed by atoms with E-state index in [1.165, 1.54) is 5.69 Å². The molecule has 4 heteroatoms. The smallest absolute Gasteiger partial charge is 0.219 e. The van der Waals surface area contributed by atoms with Gasteiger partial charge in [-0.3, -0.25) is 4.79 Å². The van der Waals surface area contributed by atoms with Crippen LogP contribution in [0.2, 0.25) is 0 Å². The van der Waals surface area contributed by atoms with E-state index in [1.54, 1.807) is 6.92 Å². The highest BCUT2D eigenvalue weighted by Gasteiger charge is 2.21. The molecular weight excluding hydrogens is 190 g/mol. The van der Waals surface area contributed by atoms with Crippen LogP contribution in [0.25, 0.3) is 0 Å². The van der Waals surface area contributed by atoms with Crippen molar-refractivity contribution in [1.82, 2.24) is 14.5 Å². The summed E-state index contributed by atoms with van der Waals surface area (Å²) in [5.74, 6) is 1.17. The maximum atomic E-state index is 11.3. The average Bonchev–Trinajstić information content (AvgIpc) is 2.55. The minimum atomic E-state index is 0.139. The quantitative estimate of drug-likeness (QED) is 0.692. The van der Waals surface area contributed by atoms with Crippen LogP contribution >= 0.6 is 0 Å². The van der Waals surface area contributed by atoms with Gasteiger partial charge in [-0.25, -0.2) is 4.98 Å². The second-order valence-electron chi connectivity index (χ2n) is 4.01. The van der Waals surface area contributed by atoms with E-state index in [-0.39, 0.29) is 5.91 Å². The van der Waals surface area contributed by atoms with Gasteiger partial charge in [-0.1, -0.05) is 6.92 Å². The highest BCUT2D eigenvalue weighted by Crippen LogP contribution is 2.17. The highest BCUT2D eigenvalue weighted by atomic mass is 16.2. The number of fused-ring (bicyclic) bond motifs is 1. The monoisotopic (exact) mass is 207 g/mol. The number of hydrogen-bond donors (Lipinski definition) is 0. The highest BCUT2D eigenvalue weighted by molar-refractivity contribution is 5.73. The second kappa shape index (κ2) is 3.68. The first-order valence-corrected chi connectivity index (χ1v) is 5.44. The molecule has 0 fully saturated rings. The third-order valence-corrected chi connectivity index (χ3v) is 3.10. The summed E-state index contributed by atoms with van der Waals surface area (Å²) in [5, 5.41) is 0. The minimum Gasteiger partial charge on any atom is -0.334 e. The predicted octanol–water partition coefficient (Wildman–Crippen LogP) is 1.12. The number of rotatable bonds is 1. The number of imidazole rings is 1. The van der Waals surface area contributed by atoms with Crippen LogP contribution in [0.5, 0.6) is 0 Å². The standard InChI is InChI=1S/C11H17N3O/c1-4-10-8(2)14-6-5-13(9(3)15)7-11(14)12-10/h4-7H2,1-3H3. The lowest BCUT2D eigenvalue weighted by Gasteiger charge is -2.27. The van der Waals surface area contributed by atoms with E-state index >= 15 is 0 Å². The van der Waals surface area contributed by atoms with Crippen molar-refractivity contribution in [2.45, 2.75) is 40.3 Å². The van der Waals surface area contributed by atoms with Gasteiger partial charge in [-0.15, -0.1) is 0 Å². The zero-order valence-electron chi connectivity index (χ0n) is 9.58. The molecule has 0 aromatic carbocycles. The van der Waals surface area contributed by atoms with Gasteiger partial charge in [0, 0.05) is 25.7 Å². The topological polar surface area (TPSA) is 38.1 Å². The molecule has 0 aliphatic carbocycles. The first-order valence-electron chi connectivity index (χ1n) is 5.44. The van der Waals surface area contributed by atoms with Gasteiger partial charge in [-0.2, -0.15) is 0 Å². The predicted molar refractivity (Wildman–Crippen MR) is 57.4 cm³/mol. The van der Waals surface area contributed by atoms with E-state index < -0.39 is 0 Å². The molecule has 82 valence electrons. The van der Waals surface area contributed by atoms with Gasteiger partial charge in [0.15, 0.2) is 0 Å². The molecule has 2 heterocycles. The average molecular weight is 207 g/mol. The van der Waals surface area contributed by atoms with E-state index in [0.717, 1.165) is 31.0 Å². The van der Waals surface area contributed by atoms with Crippen molar-refractivity contribution >= 4 is 5.91 Å². The van der Waals surface area contributed by atoms with Crippen molar-refractivity contribution in [3.05, 3.63) is 17.2 Å². The van der Waals surface area contributed by atoms with Crippen LogP contribution < -0.4 is 0 Å². The summed E-state index contributed by atoms with van der Waals surface area (Å²) in [6.45, 7) is 8.20. The van der Waals surface area contributed by atoms with Gasteiger partial charge < -0.3 is 9.47 Å². The maximum absolute atomic E-state index is 11.3. The Kier molecular flexibility index (Phi) is 2.50. The van der Waals surface area contributed by atoms with Crippen LogP contribution in [-0.2, 0) is 24.3 Å². The molecule has 4 nitrogen and oxygen atoms in total. The Bertz CT molecular complexity index is 395. The Hall–Kier alpha value is -1.32. The van der Waals surface area contributed by atoms with Crippen LogP contribution in [0.3, 0.4) is 0 Å². The maximum Gasteiger partial charge on any atom is 0.219 e. The summed E-state index contributed by atoms with van der Waals surface area (Å²) < 4.78 is 2.23. The summed E-state index contributed by atoms with van der Waals surface area (Å²) in [5.41, 5.74) is 2.42. The van der Waals surface area contributed by atoms with Gasteiger partial charge >= 0.3 is 0 Å². The van der Waals surface area contributed by atoms with Crippen molar-refractivity contribution in [1.29, 1.82) is 0 Å². The van der Waals surface area contributed by atoms with E-state index in [0.29, 0.717) is 6.54 Å². The molecule has 15 heavy (non-hydrogen) atoms. The Balaban J connectivity index is 2.31. The molecule has 1 aliphatic heterocycles. The summed E-state index contributed by atoms with van der Waals surface area (Å²) >= 11 is 0. The van der Waals surface area contributed by atoms with Crippen LogP contribution in [0.15, 0.2) is 0 Å². The van der Waals surface area contributed by atoms with E-state index in [2.05, 4.69) is 23.4 Å². The van der Waals surface area contributed by atoms with Crippen molar-refractivity contribution in [3.8, 4) is 0 Å². The lowest BCUT2D eigenvalue weighted by molar-refractivity contribution is -0.130. The number of aryl methyl sites for hydroxylation is 1. The minimum absolute atomic E-state index is 0.139. The van der Waals surface area contributed by atoms with E-state index in [9.17, 15) is 4.79 Å². The van der Waals surface area contributed by atoms with Crippen LogP contribution in [0.1, 0.15) is 31.1 Å². The fourth-order valence-corrected chi connectivity index (χ4v) is 2.14. The number of carbonyl (C=O) groups is 1. The fourth-order valence-electron chi connectivity index (χ4n) is 2.14. The van der Waals surface area contributed by atoms with Crippen molar-refractivity contribution in [2.24, 2.45) is 0 Å². The third kappa shape index (κ3) is 1.64. The van der Waals surface area contributed by atoms with Gasteiger partial charge in [0.05, 0.1) is 12.2 Å². The Labute approximate surface area is 89.9 Å². The number of aromatic nitrogens is 2. The SMILES string of the molecule is CCc1nc2n(c1C)CCN(C(C)=O)C2. The molecule has 0 N–H and O–H groups in total. The number of hydrogen-bond acceptors (Lipinski definition) is 2. The summed E-state index contributed by atoms with van der Waals surface area (Å²) in [4.78, 5) is 17.7. The van der Waals surface area contributed by atoms with Crippen LogP contribution in [0.4, 0.5) is 0 Å². The molecule has 0 saturated heterocycles. The Morgan fingerprint density at radius 2 is 2.20 bits per heavy atom. The van der Waals surface area contributed by atoms with Crippen molar-refractivity contribution in [2.75, 3.05) is 6.54 Å². The number of carbonyl (C=O) groups excluding carboxylic acids is 1. The summed E-state index contributed by atoms with van der Waals surface area (Å²) in [7, 11) is 0. The number of nitrogens with zero attached hydrogens (tertiary/aromatic N) is 3. The van der Waals surface area contributed by atoms with E-state index in [1.807, 2.05) is 4.90 Å². The molecule has 0 unspecified atom stereocenters. The molecule has 0 saturated carbocycles. The number of amides is 1. The molecule has 1 amide bonds. The zero-order valence-corrected chi connectivity index (χ0v) is 9.58. The molecule has 2 rings (SSSR count). The fraction of sp³-hybridized carbons (Fsp3) is 0.636. The van der Waals surface area contributed by atoms with Crippen LogP contribution in [-0.4, -0.2) is 26.9 Å². The van der Waals surface area contributed by atoms with Gasteiger partial charge in [0.1, 0.15) is 5.82 Å². The lowest BCUT2D eigenvalue weighted by atomic mass is 10.3. The molecule has 1 aromatic rings. The lowest BCUT2D eigenvalue weighted by Crippen LogP contribution is -2.37. The third-order valence-electron chi connectivity index (χ3n) is 3.10. The first-order chi connectivity index (χ1) is 7.13. The molecule has 0 spiro atoms. The molecule has 0 atom stereocenters. The summed E-state index contributed by atoms with van der Waals surface area (Å²) in [6, 6.07) is 0. The second-order valence-corrected chi connectivity index (χ2v) is 4.01.